The Labute approximate surface area is 144 Å². The second-order valence-electron chi connectivity index (χ2n) is 9.13. The maximum Gasteiger partial charge on any atom is 0.0844 e. The van der Waals surface area contributed by atoms with Gasteiger partial charge in [-0.25, -0.2) is 0 Å². The minimum absolute atomic E-state index is 0.638. The van der Waals surface area contributed by atoms with E-state index in [1.807, 2.05) is 0 Å². The summed E-state index contributed by atoms with van der Waals surface area (Å²) < 4.78 is 5.70. The molecular formula is C20H34OSi2. The predicted octanol–water partition coefficient (Wildman–Crippen LogP) is 4.49. The van der Waals surface area contributed by atoms with Crippen molar-refractivity contribution in [2.75, 3.05) is 0 Å². The number of epoxide rings is 1. The van der Waals surface area contributed by atoms with Crippen LogP contribution in [-0.2, 0) is 4.74 Å². The Morgan fingerprint density at radius 2 is 1.52 bits per heavy atom. The van der Waals surface area contributed by atoms with Crippen molar-refractivity contribution < 1.29 is 4.74 Å². The van der Waals surface area contributed by atoms with Crippen LogP contribution in [-0.4, -0.2) is 28.4 Å². The normalized spacial score (nSPS) is 27.6. The summed E-state index contributed by atoms with van der Waals surface area (Å²) in [5, 5.41) is 3.27. The molecule has 3 unspecified atom stereocenters. The van der Waals surface area contributed by atoms with Crippen molar-refractivity contribution in [1.82, 2.24) is 0 Å². The molecule has 2 fully saturated rings. The largest absolute Gasteiger partial charge is 0.370 e. The zero-order valence-electron chi connectivity index (χ0n) is 15.7. The lowest BCUT2D eigenvalue weighted by atomic mass is 9.87. The van der Waals surface area contributed by atoms with Crippen LogP contribution in [0.5, 0.6) is 0 Å². The topological polar surface area (TPSA) is 12.5 Å². The molecule has 1 saturated carbocycles. The fourth-order valence-corrected chi connectivity index (χ4v) is 8.00. The smallest absolute Gasteiger partial charge is 0.0844 e. The Bertz CT molecular complexity index is 535. The van der Waals surface area contributed by atoms with Crippen molar-refractivity contribution in [2.24, 2.45) is 5.92 Å². The molecule has 3 atom stereocenters. The van der Waals surface area contributed by atoms with E-state index in [2.05, 4.69) is 57.4 Å². The summed E-state index contributed by atoms with van der Waals surface area (Å²) in [6.07, 6.45) is 6.77. The molecule has 0 aromatic heterocycles. The van der Waals surface area contributed by atoms with Gasteiger partial charge in [0.1, 0.15) is 0 Å². The minimum Gasteiger partial charge on any atom is -0.370 e. The number of ether oxygens (including phenoxy) is 1. The second kappa shape index (κ2) is 6.49. The highest BCUT2D eigenvalue weighted by molar-refractivity contribution is 6.91. The van der Waals surface area contributed by atoms with Gasteiger partial charge in [0.15, 0.2) is 0 Å². The van der Waals surface area contributed by atoms with Crippen LogP contribution >= 0.6 is 0 Å². The highest BCUT2D eigenvalue weighted by Gasteiger charge is 2.43. The lowest BCUT2D eigenvalue weighted by Gasteiger charge is -2.28. The quantitative estimate of drug-likeness (QED) is 0.546. The molecule has 0 radical (unpaired) electrons. The molecule has 3 rings (SSSR count). The zero-order chi connectivity index (χ0) is 16.7. The van der Waals surface area contributed by atoms with E-state index in [4.69, 9.17) is 4.74 Å². The van der Waals surface area contributed by atoms with Crippen LogP contribution in [0.3, 0.4) is 0 Å². The molecule has 0 spiro atoms. The summed E-state index contributed by atoms with van der Waals surface area (Å²) in [5.41, 5.74) is 0. The van der Waals surface area contributed by atoms with Crippen molar-refractivity contribution in [3.63, 3.8) is 0 Å². The SMILES string of the molecule is CC[Si](C)(C)c1ccc([Si](C)(C)CCC2CCC3OC3C2)cc1. The molecule has 0 amide bonds. The third kappa shape index (κ3) is 4.00. The van der Waals surface area contributed by atoms with Gasteiger partial charge in [-0.1, -0.05) is 86.3 Å². The van der Waals surface area contributed by atoms with Crippen molar-refractivity contribution in [3.05, 3.63) is 24.3 Å². The van der Waals surface area contributed by atoms with Gasteiger partial charge in [-0.15, -0.1) is 0 Å². The lowest BCUT2D eigenvalue weighted by molar-refractivity contribution is 0.357. The maximum absolute atomic E-state index is 5.70. The lowest BCUT2D eigenvalue weighted by Crippen LogP contribution is -2.45. The van der Waals surface area contributed by atoms with Gasteiger partial charge in [0.25, 0.3) is 0 Å². The van der Waals surface area contributed by atoms with Gasteiger partial charge in [0, 0.05) is 0 Å². The molecular weight excluding hydrogens is 312 g/mol. The van der Waals surface area contributed by atoms with Crippen molar-refractivity contribution in [2.45, 2.75) is 83.1 Å². The molecule has 0 N–H and O–H groups in total. The predicted molar refractivity (Wildman–Crippen MR) is 107 cm³/mol. The molecule has 0 bridgehead atoms. The maximum atomic E-state index is 5.70. The van der Waals surface area contributed by atoms with Crippen LogP contribution < -0.4 is 10.4 Å². The fourth-order valence-electron chi connectivity index (χ4n) is 4.03. The van der Waals surface area contributed by atoms with Gasteiger partial charge in [0.2, 0.25) is 0 Å². The zero-order valence-corrected chi connectivity index (χ0v) is 17.7. The first-order chi connectivity index (χ1) is 10.8. The van der Waals surface area contributed by atoms with Crippen LogP contribution in [0, 0.1) is 5.92 Å². The molecule has 23 heavy (non-hydrogen) atoms. The summed E-state index contributed by atoms with van der Waals surface area (Å²) in [5.74, 6) is 0.927. The number of benzene rings is 1. The second-order valence-corrected chi connectivity index (χ2v) is 19.0. The van der Waals surface area contributed by atoms with Crippen molar-refractivity contribution in [3.8, 4) is 0 Å². The van der Waals surface area contributed by atoms with E-state index in [1.165, 1.54) is 37.8 Å². The van der Waals surface area contributed by atoms with Gasteiger partial charge in [-0.3, -0.25) is 0 Å². The Balaban J connectivity index is 1.60. The summed E-state index contributed by atoms with van der Waals surface area (Å²) in [4.78, 5) is 0. The molecule has 3 heteroatoms. The average molecular weight is 347 g/mol. The Kier molecular flexibility index (Phi) is 4.92. The summed E-state index contributed by atoms with van der Waals surface area (Å²) in [6.45, 7) is 12.4. The van der Waals surface area contributed by atoms with E-state index in [0.29, 0.717) is 12.2 Å². The first kappa shape index (κ1) is 17.4. The highest BCUT2D eigenvalue weighted by Crippen LogP contribution is 2.41. The monoisotopic (exact) mass is 346 g/mol. The highest BCUT2D eigenvalue weighted by atomic mass is 28.3. The standard InChI is InChI=1S/C20H34OSi2/c1-6-22(2,3)17-8-10-18(11-9-17)23(4,5)14-13-16-7-12-19-20(15-16)21-19/h8-11,16,19-20H,6-7,12-15H2,1-5H3. The van der Waals surface area contributed by atoms with Crippen LogP contribution in [0.25, 0.3) is 0 Å². The Morgan fingerprint density at radius 3 is 2.09 bits per heavy atom. The number of fused-ring (bicyclic) bond motifs is 1. The van der Waals surface area contributed by atoms with Crippen LogP contribution in [0.2, 0.25) is 38.3 Å². The van der Waals surface area contributed by atoms with Gasteiger partial charge >= 0.3 is 0 Å². The summed E-state index contributed by atoms with van der Waals surface area (Å²) >= 11 is 0. The van der Waals surface area contributed by atoms with Gasteiger partial charge < -0.3 is 4.74 Å². The molecule has 1 aromatic rings. The van der Waals surface area contributed by atoms with Crippen molar-refractivity contribution in [1.29, 1.82) is 0 Å². The molecule has 128 valence electrons. The minimum atomic E-state index is -1.29. The molecule has 1 aliphatic carbocycles. The van der Waals surface area contributed by atoms with Crippen LogP contribution in [0.1, 0.15) is 32.6 Å². The van der Waals surface area contributed by atoms with Gasteiger partial charge in [0.05, 0.1) is 28.4 Å². The number of hydrogen-bond donors (Lipinski definition) is 0. The van der Waals surface area contributed by atoms with E-state index in [-0.39, 0.29) is 0 Å². The number of hydrogen-bond acceptors (Lipinski definition) is 1. The molecule has 1 nitrogen and oxygen atoms in total. The van der Waals surface area contributed by atoms with E-state index >= 15 is 0 Å². The fraction of sp³-hybridized carbons (Fsp3) is 0.700. The average Bonchev–Trinajstić information content (AvgIpc) is 3.32. The van der Waals surface area contributed by atoms with E-state index in [0.717, 1.165) is 5.92 Å². The van der Waals surface area contributed by atoms with Gasteiger partial charge in [-0.05, 0) is 25.2 Å². The third-order valence-corrected chi connectivity index (χ3v) is 13.7. The van der Waals surface area contributed by atoms with Crippen LogP contribution in [0.15, 0.2) is 24.3 Å². The molecule has 1 heterocycles. The Morgan fingerprint density at radius 1 is 0.913 bits per heavy atom. The van der Waals surface area contributed by atoms with Crippen molar-refractivity contribution >= 4 is 26.5 Å². The molecule has 1 saturated heterocycles. The summed E-state index contributed by atoms with van der Waals surface area (Å²) in [7, 11) is -2.47. The van der Waals surface area contributed by atoms with Crippen LogP contribution in [0.4, 0.5) is 0 Å². The third-order valence-electron chi connectivity index (χ3n) is 6.62. The Hall–Kier alpha value is -0.386. The first-order valence-electron chi connectivity index (χ1n) is 9.58. The number of rotatable bonds is 6. The van der Waals surface area contributed by atoms with Gasteiger partial charge in [-0.2, -0.15) is 0 Å². The van der Waals surface area contributed by atoms with E-state index in [1.54, 1.807) is 10.4 Å². The van der Waals surface area contributed by atoms with E-state index in [9.17, 15) is 0 Å². The van der Waals surface area contributed by atoms with E-state index < -0.39 is 16.1 Å². The molecule has 2 aliphatic rings. The summed E-state index contributed by atoms with van der Waals surface area (Å²) in [6, 6.07) is 12.6. The molecule has 1 aromatic carbocycles. The molecule has 1 aliphatic heterocycles. The first-order valence-corrected chi connectivity index (χ1v) is 16.0.